The van der Waals surface area contributed by atoms with Gasteiger partial charge in [-0.1, -0.05) is 0 Å². The third kappa shape index (κ3) is 2.88. The molecule has 0 unspecified atom stereocenters. The lowest BCUT2D eigenvalue weighted by Crippen LogP contribution is -2.13. The number of aromatic carboxylic acids is 1. The molecule has 5 heteroatoms. The second-order valence-corrected chi connectivity index (χ2v) is 5.48. The number of methoxy groups -OCH3 is 1. The number of halogens is 1. The highest BCUT2D eigenvalue weighted by atomic mass is 127. The highest BCUT2D eigenvalue weighted by molar-refractivity contribution is 14.1. The zero-order chi connectivity index (χ0) is 13.1. The molecule has 0 saturated heterocycles. The molecule has 1 saturated carbocycles. The van der Waals surface area contributed by atoms with Gasteiger partial charge >= 0.3 is 5.97 Å². The summed E-state index contributed by atoms with van der Waals surface area (Å²) >= 11 is 2.09. The number of rotatable bonds is 4. The van der Waals surface area contributed by atoms with E-state index in [9.17, 15) is 4.79 Å². The first-order chi connectivity index (χ1) is 8.61. The molecular weight excluding hydrogens is 347 g/mol. The lowest BCUT2D eigenvalue weighted by Gasteiger charge is -2.17. The van der Waals surface area contributed by atoms with E-state index in [1.165, 1.54) is 26.0 Å². The van der Waals surface area contributed by atoms with Gasteiger partial charge in [0.25, 0.3) is 0 Å². The number of hydrogen-bond donors (Lipinski definition) is 1. The standard InChI is InChI=1S/C13H15IO4/c1-17-11-7-8(13(15)16)6-10(14)12(11)18-9-4-2-3-5-9/h6-7,9H,2-5H2,1H3,(H,15,16). The molecule has 0 radical (unpaired) electrons. The molecule has 0 aliphatic heterocycles. The number of ether oxygens (including phenoxy) is 2. The SMILES string of the molecule is COc1cc(C(=O)O)cc(I)c1OC1CCCC1. The molecule has 1 N–H and O–H groups in total. The van der Waals surface area contributed by atoms with Gasteiger partial charge in [-0.05, 0) is 60.4 Å². The van der Waals surface area contributed by atoms with Gasteiger partial charge in [-0.15, -0.1) is 0 Å². The third-order valence-electron chi connectivity index (χ3n) is 3.06. The molecule has 0 aromatic heterocycles. The van der Waals surface area contributed by atoms with Crippen LogP contribution in [0.3, 0.4) is 0 Å². The van der Waals surface area contributed by atoms with Gasteiger partial charge in [-0.25, -0.2) is 4.79 Å². The van der Waals surface area contributed by atoms with E-state index in [2.05, 4.69) is 22.6 Å². The maximum absolute atomic E-state index is 11.0. The predicted molar refractivity (Wildman–Crippen MR) is 75.6 cm³/mol. The van der Waals surface area contributed by atoms with Crippen molar-refractivity contribution in [1.29, 1.82) is 0 Å². The Morgan fingerprint density at radius 3 is 2.61 bits per heavy atom. The van der Waals surface area contributed by atoms with Crippen molar-refractivity contribution < 1.29 is 19.4 Å². The van der Waals surface area contributed by atoms with Crippen LogP contribution in [0.1, 0.15) is 36.0 Å². The first-order valence-corrected chi connectivity index (χ1v) is 6.97. The van der Waals surface area contributed by atoms with Crippen molar-refractivity contribution in [3.8, 4) is 11.5 Å². The summed E-state index contributed by atoms with van der Waals surface area (Å²) in [5.74, 6) is 0.194. The summed E-state index contributed by atoms with van der Waals surface area (Å²) in [5, 5.41) is 9.00. The number of benzene rings is 1. The molecule has 0 bridgehead atoms. The van der Waals surface area contributed by atoms with Gasteiger partial charge in [0, 0.05) is 0 Å². The second kappa shape index (κ2) is 5.77. The Morgan fingerprint density at radius 2 is 2.06 bits per heavy atom. The van der Waals surface area contributed by atoms with E-state index in [-0.39, 0.29) is 11.7 Å². The summed E-state index contributed by atoms with van der Waals surface area (Å²) < 4.78 is 11.9. The van der Waals surface area contributed by atoms with Crippen LogP contribution in [-0.2, 0) is 0 Å². The normalized spacial score (nSPS) is 15.7. The fourth-order valence-corrected chi connectivity index (χ4v) is 2.86. The van der Waals surface area contributed by atoms with Gasteiger partial charge in [-0.3, -0.25) is 0 Å². The summed E-state index contributed by atoms with van der Waals surface area (Å²) in [5.41, 5.74) is 0.218. The van der Waals surface area contributed by atoms with Crippen molar-refractivity contribution in [3.05, 3.63) is 21.3 Å². The van der Waals surface area contributed by atoms with Crippen LogP contribution in [0.4, 0.5) is 0 Å². The van der Waals surface area contributed by atoms with Crippen molar-refractivity contribution in [1.82, 2.24) is 0 Å². The Balaban J connectivity index is 2.30. The predicted octanol–water partition coefficient (Wildman–Crippen LogP) is 3.32. The molecule has 0 amide bonds. The monoisotopic (exact) mass is 362 g/mol. The summed E-state index contributed by atoms with van der Waals surface area (Å²) in [6.45, 7) is 0. The van der Waals surface area contributed by atoms with Crippen LogP contribution in [0, 0.1) is 3.57 Å². The van der Waals surface area contributed by atoms with Crippen molar-refractivity contribution in [2.24, 2.45) is 0 Å². The Morgan fingerprint density at radius 1 is 1.39 bits per heavy atom. The molecule has 1 fully saturated rings. The molecule has 1 aromatic rings. The largest absolute Gasteiger partial charge is 0.493 e. The number of carboxylic acid groups (broad SMARTS) is 1. The van der Waals surface area contributed by atoms with Gasteiger partial charge in [0.05, 0.1) is 22.3 Å². The minimum Gasteiger partial charge on any atom is -0.493 e. The molecule has 4 nitrogen and oxygen atoms in total. The van der Waals surface area contributed by atoms with Crippen molar-refractivity contribution in [3.63, 3.8) is 0 Å². The Labute approximate surface area is 119 Å². The molecule has 2 rings (SSSR count). The smallest absolute Gasteiger partial charge is 0.335 e. The van der Waals surface area contributed by atoms with Crippen molar-refractivity contribution in [2.75, 3.05) is 7.11 Å². The zero-order valence-electron chi connectivity index (χ0n) is 10.1. The van der Waals surface area contributed by atoms with E-state index in [0.717, 1.165) is 16.4 Å². The average Bonchev–Trinajstić information content (AvgIpc) is 2.84. The number of hydrogen-bond acceptors (Lipinski definition) is 3. The van der Waals surface area contributed by atoms with Crippen LogP contribution in [0.15, 0.2) is 12.1 Å². The average molecular weight is 362 g/mol. The summed E-state index contributed by atoms with van der Waals surface area (Å²) in [7, 11) is 1.53. The van der Waals surface area contributed by atoms with E-state index >= 15 is 0 Å². The molecule has 0 heterocycles. The third-order valence-corrected chi connectivity index (χ3v) is 3.86. The first kappa shape index (κ1) is 13.5. The molecule has 1 aliphatic rings. The van der Waals surface area contributed by atoms with Crippen molar-refractivity contribution in [2.45, 2.75) is 31.8 Å². The van der Waals surface area contributed by atoms with E-state index in [1.54, 1.807) is 6.07 Å². The van der Waals surface area contributed by atoms with E-state index < -0.39 is 5.97 Å². The fourth-order valence-electron chi connectivity index (χ4n) is 2.13. The van der Waals surface area contributed by atoms with E-state index in [1.807, 2.05) is 0 Å². The lowest BCUT2D eigenvalue weighted by atomic mass is 10.2. The van der Waals surface area contributed by atoms with Crippen LogP contribution < -0.4 is 9.47 Å². The number of carbonyl (C=O) groups is 1. The molecule has 0 atom stereocenters. The molecule has 0 spiro atoms. The highest BCUT2D eigenvalue weighted by Gasteiger charge is 2.21. The Kier molecular flexibility index (Phi) is 4.31. The first-order valence-electron chi connectivity index (χ1n) is 5.89. The van der Waals surface area contributed by atoms with Crippen LogP contribution in [0.5, 0.6) is 11.5 Å². The Hall–Kier alpha value is -0.980. The summed E-state index contributed by atoms with van der Waals surface area (Å²) in [6, 6.07) is 3.12. The van der Waals surface area contributed by atoms with Gasteiger partial charge in [0.15, 0.2) is 11.5 Å². The quantitative estimate of drug-likeness (QED) is 0.835. The minimum absolute atomic E-state index is 0.218. The Bertz CT molecular complexity index is 453. The molecular formula is C13H15IO4. The lowest BCUT2D eigenvalue weighted by molar-refractivity contribution is 0.0696. The van der Waals surface area contributed by atoms with Crippen LogP contribution in [-0.4, -0.2) is 24.3 Å². The van der Waals surface area contributed by atoms with Crippen molar-refractivity contribution >= 4 is 28.6 Å². The van der Waals surface area contributed by atoms with Crippen LogP contribution in [0.2, 0.25) is 0 Å². The van der Waals surface area contributed by atoms with Crippen LogP contribution in [0.25, 0.3) is 0 Å². The zero-order valence-corrected chi connectivity index (χ0v) is 12.3. The highest BCUT2D eigenvalue weighted by Crippen LogP contribution is 2.36. The number of carboxylic acids is 1. The summed E-state index contributed by atoms with van der Waals surface area (Å²) in [6.07, 6.45) is 4.72. The van der Waals surface area contributed by atoms with Gasteiger partial charge < -0.3 is 14.6 Å². The van der Waals surface area contributed by atoms with Gasteiger partial charge in [0.2, 0.25) is 0 Å². The summed E-state index contributed by atoms with van der Waals surface area (Å²) in [4.78, 5) is 11.0. The van der Waals surface area contributed by atoms with E-state index in [4.69, 9.17) is 14.6 Å². The fraction of sp³-hybridized carbons (Fsp3) is 0.462. The molecule has 1 aliphatic carbocycles. The molecule has 1 aromatic carbocycles. The van der Waals surface area contributed by atoms with Crippen LogP contribution >= 0.6 is 22.6 Å². The second-order valence-electron chi connectivity index (χ2n) is 4.32. The molecule has 18 heavy (non-hydrogen) atoms. The van der Waals surface area contributed by atoms with Gasteiger partial charge in [-0.2, -0.15) is 0 Å². The maximum Gasteiger partial charge on any atom is 0.335 e. The molecule has 98 valence electrons. The van der Waals surface area contributed by atoms with Gasteiger partial charge in [0.1, 0.15) is 0 Å². The van der Waals surface area contributed by atoms with E-state index in [0.29, 0.717) is 11.5 Å². The topological polar surface area (TPSA) is 55.8 Å². The maximum atomic E-state index is 11.0. The minimum atomic E-state index is -0.960.